The molecule has 0 aliphatic carbocycles. The van der Waals surface area contributed by atoms with Crippen LogP contribution in [-0.4, -0.2) is 29.9 Å². The Bertz CT molecular complexity index is 421. The molecule has 1 aromatic carbocycles. The van der Waals surface area contributed by atoms with Crippen molar-refractivity contribution in [2.75, 3.05) is 13.1 Å². The van der Waals surface area contributed by atoms with Crippen LogP contribution in [0.5, 0.6) is 0 Å². The minimum absolute atomic E-state index is 0.193. The number of nitrogens with zero attached hydrogens (tertiary/aromatic N) is 1. The van der Waals surface area contributed by atoms with Gasteiger partial charge in [0.1, 0.15) is 0 Å². The number of halogens is 1. The van der Waals surface area contributed by atoms with Crippen LogP contribution in [0.15, 0.2) is 24.3 Å². The first-order valence-corrected chi connectivity index (χ1v) is 7.67. The molecule has 20 heavy (non-hydrogen) atoms. The SMILES string of the molecule is CCN(Cc1ccccc1Cl)C(=O)CCCNC(C)C. The molecule has 0 fully saturated rings. The molecule has 112 valence electrons. The van der Waals surface area contributed by atoms with Gasteiger partial charge in [-0.25, -0.2) is 0 Å². The van der Waals surface area contributed by atoms with Crippen LogP contribution in [0.1, 0.15) is 39.2 Å². The predicted molar refractivity (Wildman–Crippen MR) is 84.9 cm³/mol. The van der Waals surface area contributed by atoms with Gasteiger partial charge in [0.05, 0.1) is 0 Å². The van der Waals surface area contributed by atoms with Crippen LogP contribution in [0.25, 0.3) is 0 Å². The summed E-state index contributed by atoms with van der Waals surface area (Å²) in [4.78, 5) is 14.0. The van der Waals surface area contributed by atoms with Gasteiger partial charge in [-0.2, -0.15) is 0 Å². The number of nitrogens with one attached hydrogen (secondary N) is 1. The van der Waals surface area contributed by atoms with Crippen LogP contribution in [0.3, 0.4) is 0 Å². The molecule has 0 atom stereocenters. The number of carbonyl (C=O) groups is 1. The Balaban J connectivity index is 2.45. The average molecular weight is 297 g/mol. The molecule has 0 aliphatic heterocycles. The number of benzene rings is 1. The van der Waals surface area contributed by atoms with Crippen molar-refractivity contribution in [3.63, 3.8) is 0 Å². The summed E-state index contributed by atoms with van der Waals surface area (Å²) < 4.78 is 0. The summed E-state index contributed by atoms with van der Waals surface area (Å²) >= 11 is 6.14. The zero-order valence-electron chi connectivity index (χ0n) is 12.7. The van der Waals surface area contributed by atoms with Crippen molar-refractivity contribution in [3.8, 4) is 0 Å². The number of rotatable bonds is 8. The summed E-state index contributed by atoms with van der Waals surface area (Å²) in [5.41, 5.74) is 1.00. The minimum Gasteiger partial charge on any atom is -0.339 e. The molecule has 0 unspecified atom stereocenters. The number of carbonyl (C=O) groups excluding carboxylic acids is 1. The largest absolute Gasteiger partial charge is 0.339 e. The molecule has 0 bridgehead atoms. The fraction of sp³-hybridized carbons (Fsp3) is 0.562. The van der Waals surface area contributed by atoms with Gasteiger partial charge in [0.25, 0.3) is 0 Å². The highest BCUT2D eigenvalue weighted by atomic mass is 35.5. The normalized spacial score (nSPS) is 10.8. The summed E-state index contributed by atoms with van der Waals surface area (Å²) in [5.74, 6) is 0.193. The van der Waals surface area contributed by atoms with E-state index in [-0.39, 0.29) is 5.91 Å². The van der Waals surface area contributed by atoms with E-state index < -0.39 is 0 Å². The zero-order valence-corrected chi connectivity index (χ0v) is 13.4. The number of hydrogen-bond acceptors (Lipinski definition) is 2. The van der Waals surface area contributed by atoms with E-state index in [2.05, 4.69) is 19.2 Å². The van der Waals surface area contributed by atoms with Crippen molar-refractivity contribution in [1.29, 1.82) is 0 Å². The van der Waals surface area contributed by atoms with Crippen LogP contribution >= 0.6 is 11.6 Å². The summed E-state index contributed by atoms with van der Waals surface area (Å²) in [7, 11) is 0. The Kier molecular flexibility index (Phi) is 7.63. The molecule has 0 saturated carbocycles. The maximum Gasteiger partial charge on any atom is 0.222 e. The van der Waals surface area contributed by atoms with Gasteiger partial charge < -0.3 is 10.2 Å². The maximum atomic E-state index is 12.2. The highest BCUT2D eigenvalue weighted by Gasteiger charge is 2.13. The van der Waals surface area contributed by atoms with Crippen molar-refractivity contribution in [2.45, 2.75) is 46.2 Å². The second-order valence-corrected chi connectivity index (χ2v) is 5.62. The van der Waals surface area contributed by atoms with E-state index in [1.807, 2.05) is 36.1 Å². The molecule has 0 aromatic heterocycles. The van der Waals surface area contributed by atoms with E-state index in [0.717, 1.165) is 23.6 Å². The van der Waals surface area contributed by atoms with Gasteiger partial charge in [-0.3, -0.25) is 4.79 Å². The van der Waals surface area contributed by atoms with Gasteiger partial charge in [-0.1, -0.05) is 43.6 Å². The van der Waals surface area contributed by atoms with Gasteiger partial charge in [0.15, 0.2) is 0 Å². The van der Waals surface area contributed by atoms with E-state index in [0.29, 0.717) is 25.6 Å². The molecular formula is C16H25ClN2O. The van der Waals surface area contributed by atoms with Crippen molar-refractivity contribution < 1.29 is 4.79 Å². The summed E-state index contributed by atoms with van der Waals surface area (Å²) in [6.07, 6.45) is 1.45. The second-order valence-electron chi connectivity index (χ2n) is 5.21. The smallest absolute Gasteiger partial charge is 0.222 e. The molecule has 0 aliphatic rings. The lowest BCUT2D eigenvalue weighted by Gasteiger charge is -2.21. The van der Waals surface area contributed by atoms with E-state index >= 15 is 0 Å². The van der Waals surface area contributed by atoms with Gasteiger partial charge in [-0.05, 0) is 31.5 Å². The molecule has 1 amide bonds. The second kappa shape index (κ2) is 8.98. The van der Waals surface area contributed by atoms with Crippen LogP contribution in [0.2, 0.25) is 5.02 Å². The van der Waals surface area contributed by atoms with E-state index in [1.54, 1.807) is 0 Å². The quantitative estimate of drug-likeness (QED) is 0.745. The summed E-state index contributed by atoms with van der Waals surface area (Å²) in [5, 5.41) is 4.05. The van der Waals surface area contributed by atoms with Crippen LogP contribution in [0.4, 0.5) is 0 Å². The molecule has 1 aromatic rings. The molecule has 0 saturated heterocycles. The predicted octanol–water partition coefficient (Wildman–Crippen LogP) is 3.47. The number of amides is 1. The third kappa shape index (κ3) is 5.93. The monoisotopic (exact) mass is 296 g/mol. The topological polar surface area (TPSA) is 32.3 Å². The molecule has 0 heterocycles. The third-order valence-electron chi connectivity index (χ3n) is 3.17. The molecule has 4 heteroatoms. The van der Waals surface area contributed by atoms with Gasteiger partial charge in [0, 0.05) is 30.6 Å². The summed E-state index contributed by atoms with van der Waals surface area (Å²) in [6, 6.07) is 8.16. The highest BCUT2D eigenvalue weighted by molar-refractivity contribution is 6.31. The van der Waals surface area contributed by atoms with Crippen molar-refractivity contribution in [1.82, 2.24) is 10.2 Å². The fourth-order valence-electron chi connectivity index (χ4n) is 2.00. The Hall–Kier alpha value is -1.06. The lowest BCUT2D eigenvalue weighted by Crippen LogP contribution is -2.31. The number of hydrogen-bond donors (Lipinski definition) is 1. The van der Waals surface area contributed by atoms with Crippen molar-refractivity contribution in [2.24, 2.45) is 0 Å². The van der Waals surface area contributed by atoms with E-state index in [1.165, 1.54) is 0 Å². The van der Waals surface area contributed by atoms with Crippen molar-refractivity contribution >= 4 is 17.5 Å². The third-order valence-corrected chi connectivity index (χ3v) is 3.54. The molecule has 1 N–H and O–H groups in total. The fourth-order valence-corrected chi connectivity index (χ4v) is 2.19. The lowest BCUT2D eigenvalue weighted by molar-refractivity contribution is -0.131. The van der Waals surface area contributed by atoms with Crippen LogP contribution < -0.4 is 5.32 Å². The Morgan fingerprint density at radius 1 is 1.35 bits per heavy atom. The van der Waals surface area contributed by atoms with Crippen LogP contribution in [-0.2, 0) is 11.3 Å². The average Bonchev–Trinajstić information content (AvgIpc) is 2.42. The Labute approximate surface area is 127 Å². The standard InChI is InChI=1S/C16H25ClN2O/c1-4-19(12-14-8-5-6-9-15(14)17)16(20)10-7-11-18-13(2)3/h5-6,8-9,13,18H,4,7,10-12H2,1-3H3. The first-order chi connectivity index (χ1) is 9.54. The van der Waals surface area contributed by atoms with Crippen LogP contribution in [0, 0.1) is 0 Å². The zero-order chi connectivity index (χ0) is 15.0. The lowest BCUT2D eigenvalue weighted by atomic mass is 10.2. The highest BCUT2D eigenvalue weighted by Crippen LogP contribution is 2.17. The molecule has 3 nitrogen and oxygen atoms in total. The van der Waals surface area contributed by atoms with Gasteiger partial charge in [-0.15, -0.1) is 0 Å². The van der Waals surface area contributed by atoms with Gasteiger partial charge in [0.2, 0.25) is 5.91 Å². The Morgan fingerprint density at radius 3 is 2.65 bits per heavy atom. The van der Waals surface area contributed by atoms with Crippen molar-refractivity contribution in [3.05, 3.63) is 34.9 Å². The molecule has 0 spiro atoms. The first-order valence-electron chi connectivity index (χ1n) is 7.29. The molecular weight excluding hydrogens is 272 g/mol. The molecule has 1 rings (SSSR count). The van der Waals surface area contributed by atoms with E-state index in [9.17, 15) is 4.79 Å². The Morgan fingerprint density at radius 2 is 2.05 bits per heavy atom. The minimum atomic E-state index is 0.193. The molecule has 0 radical (unpaired) electrons. The van der Waals surface area contributed by atoms with E-state index in [4.69, 9.17) is 11.6 Å². The van der Waals surface area contributed by atoms with Gasteiger partial charge >= 0.3 is 0 Å². The first kappa shape index (κ1) is 17.0. The maximum absolute atomic E-state index is 12.2. The summed E-state index contributed by atoms with van der Waals surface area (Å²) in [6.45, 7) is 8.40.